The molecule has 1 heterocycles. The lowest BCUT2D eigenvalue weighted by Crippen LogP contribution is -2.09. The number of carbonyl (C=O) groups excluding carboxylic acids is 2. The zero-order chi connectivity index (χ0) is 14.4. The van der Waals surface area contributed by atoms with Crippen LogP contribution in [0.1, 0.15) is 35.6 Å². The summed E-state index contributed by atoms with van der Waals surface area (Å²) in [6.45, 7) is 5.90. The SMILES string of the molecule is Cc1nc(NC(=O)CC#N)sc1C(=O)OCC(C)C. The van der Waals surface area contributed by atoms with Gasteiger partial charge in [0.05, 0.1) is 18.4 Å². The summed E-state index contributed by atoms with van der Waals surface area (Å²) < 4.78 is 5.10. The van der Waals surface area contributed by atoms with Crippen LogP contribution in [0.3, 0.4) is 0 Å². The number of ether oxygens (including phenoxy) is 1. The Kier molecular flexibility index (Phi) is 5.45. The van der Waals surface area contributed by atoms with E-state index >= 15 is 0 Å². The number of rotatable bonds is 5. The van der Waals surface area contributed by atoms with Gasteiger partial charge in [0.1, 0.15) is 11.3 Å². The standard InChI is InChI=1S/C12H15N3O3S/c1-7(2)6-18-11(17)10-8(3)14-12(19-10)15-9(16)4-5-13/h7H,4,6H2,1-3H3,(H,14,15,16). The fourth-order valence-corrected chi connectivity index (χ4v) is 2.06. The lowest BCUT2D eigenvalue weighted by Gasteiger charge is -2.05. The molecule has 0 saturated heterocycles. The first-order valence-electron chi connectivity index (χ1n) is 5.75. The van der Waals surface area contributed by atoms with Gasteiger partial charge >= 0.3 is 5.97 Å². The van der Waals surface area contributed by atoms with E-state index in [0.29, 0.717) is 22.3 Å². The zero-order valence-electron chi connectivity index (χ0n) is 11.0. The second-order valence-corrected chi connectivity index (χ2v) is 5.31. The third-order valence-corrected chi connectivity index (χ3v) is 3.07. The Morgan fingerprint density at radius 3 is 2.79 bits per heavy atom. The van der Waals surface area contributed by atoms with E-state index in [1.165, 1.54) is 0 Å². The van der Waals surface area contributed by atoms with Gasteiger partial charge in [-0.1, -0.05) is 25.2 Å². The molecule has 0 unspecified atom stereocenters. The van der Waals surface area contributed by atoms with Gasteiger partial charge < -0.3 is 10.1 Å². The van der Waals surface area contributed by atoms with Gasteiger partial charge in [-0.15, -0.1) is 0 Å². The molecule has 1 N–H and O–H groups in total. The van der Waals surface area contributed by atoms with E-state index in [1.807, 2.05) is 13.8 Å². The van der Waals surface area contributed by atoms with Crippen LogP contribution in [0.25, 0.3) is 0 Å². The van der Waals surface area contributed by atoms with Crippen LogP contribution in [0.4, 0.5) is 5.13 Å². The summed E-state index contributed by atoms with van der Waals surface area (Å²) in [6, 6.07) is 1.74. The number of hydrogen-bond donors (Lipinski definition) is 1. The summed E-state index contributed by atoms with van der Waals surface area (Å²) in [5.74, 6) is -0.630. The Balaban J connectivity index is 2.71. The summed E-state index contributed by atoms with van der Waals surface area (Å²) in [5.41, 5.74) is 0.506. The van der Waals surface area contributed by atoms with Gasteiger partial charge in [0.2, 0.25) is 5.91 Å². The molecule has 0 bridgehead atoms. The molecule has 7 heteroatoms. The molecule has 0 radical (unpaired) electrons. The number of nitriles is 1. The van der Waals surface area contributed by atoms with Crippen LogP contribution in [-0.2, 0) is 9.53 Å². The highest BCUT2D eigenvalue weighted by Gasteiger charge is 2.18. The van der Waals surface area contributed by atoms with E-state index in [4.69, 9.17) is 10.00 Å². The fourth-order valence-electron chi connectivity index (χ4n) is 1.18. The van der Waals surface area contributed by atoms with Crippen LogP contribution >= 0.6 is 11.3 Å². The number of nitrogens with zero attached hydrogens (tertiary/aromatic N) is 2. The normalized spacial score (nSPS) is 10.1. The Bertz CT molecular complexity index is 517. The van der Waals surface area contributed by atoms with Crippen LogP contribution in [0, 0.1) is 24.2 Å². The quantitative estimate of drug-likeness (QED) is 0.834. The van der Waals surface area contributed by atoms with Crippen LogP contribution in [0.2, 0.25) is 0 Å². The molecule has 0 spiro atoms. The highest BCUT2D eigenvalue weighted by molar-refractivity contribution is 7.17. The largest absolute Gasteiger partial charge is 0.461 e. The third kappa shape index (κ3) is 4.67. The average molecular weight is 281 g/mol. The third-order valence-electron chi connectivity index (χ3n) is 2.02. The molecular formula is C12H15N3O3S. The molecular weight excluding hydrogens is 266 g/mol. The molecule has 6 nitrogen and oxygen atoms in total. The van der Waals surface area contributed by atoms with Crippen molar-refractivity contribution in [3.05, 3.63) is 10.6 Å². The van der Waals surface area contributed by atoms with E-state index in [1.54, 1.807) is 13.0 Å². The molecule has 1 aromatic heterocycles. The predicted molar refractivity (Wildman–Crippen MR) is 70.8 cm³/mol. The second-order valence-electron chi connectivity index (χ2n) is 4.31. The van der Waals surface area contributed by atoms with E-state index in [2.05, 4.69) is 10.3 Å². The molecule has 0 fully saturated rings. The minimum absolute atomic E-state index is 0.244. The minimum atomic E-state index is -0.446. The van der Waals surface area contributed by atoms with Crippen molar-refractivity contribution in [3.8, 4) is 6.07 Å². The van der Waals surface area contributed by atoms with Gasteiger partial charge in [0.15, 0.2) is 5.13 Å². The molecule has 19 heavy (non-hydrogen) atoms. The van der Waals surface area contributed by atoms with Crippen LogP contribution in [0.5, 0.6) is 0 Å². The van der Waals surface area contributed by atoms with E-state index in [-0.39, 0.29) is 12.3 Å². The number of carbonyl (C=O) groups is 2. The van der Waals surface area contributed by atoms with E-state index in [9.17, 15) is 9.59 Å². The summed E-state index contributed by atoms with van der Waals surface area (Å²) in [6.07, 6.45) is -0.244. The molecule has 1 amide bonds. The molecule has 1 rings (SSSR count). The highest BCUT2D eigenvalue weighted by Crippen LogP contribution is 2.23. The van der Waals surface area contributed by atoms with Gasteiger partial charge in [-0.2, -0.15) is 5.26 Å². The fraction of sp³-hybridized carbons (Fsp3) is 0.500. The predicted octanol–water partition coefficient (Wildman–Crippen LogP) is 2.12. The lowest BCUT2D eigenvalue weighted by atomic mass is 10.2. The van der Waals surface area contributed by atoms with Crippen molar-refractivity contribution in [2.75, 3.05) is 11.9 Å². The maximum Gasteiger partial charge on any atom is 0.350 e. The number of nitrogens with one attached hydrogen (secondary N) is 1. The topological polar surface area (TPSA) is 92.1 Å². The molecule has 0 aliphatic carbocycles. The average Bonchev–Trinajstić information content (AvgIpc) is 2.67. The highest BCUT2D eigenvalue weighted by atomic mass is 32.1. The van der Waals surface area contributed by atoms with Gasteiger partial charge in [-0.3, -0.25) is 4.79 Å². The van der Waals surface area contributed by atoms with Crippen LogP contribution < -0.4 is 5.32 Å². The number of amides is 1. The zero-order valence-corrected chi connectivity index (χ0v) is 11.8. The second kappa shape index (κ2) is 6.85. The van der Waals surface area contributed by atoms with Crippen molar-refractivity contribution >= 4 is 28.3 Å². The Labute approximate surface area is 115 Å². The Morgan fingerprint density at radius 2 is 2.21 bits per heavy atom. The molecule has 0 saturated carbocycles. The van der Waals surface area contributed by atoms with Crippen molar-refractivity contribution < 1.29 is 14.3 Å². The first kappa shape index (κ1) is 15.1. The van der Waals surface area contributed by atoms with Crippen LogP contribution in [-0.4, -0.2) is 23.5 Å². The molecule has 0 aliphatic heterocycles. The number of thiazole rings is 1. The smallest absolute Gasteiger partial charge is 0.350 e. The Morgan fingerprint density at radius 1 is 1.53 bits per heavy atom. The van der Waals surface area contributed by atoms with Crippen molar-refractivity contribution in [1.82, 2.24) is 4.98 Å². The molecule has 0 aromatic carbocycles. The molecule has 102 valence electrons. The monoisotopic (exact) mass is 281 g/mol. The summed E-state index contributed by atoms with van der Waals surface area (Å²) >= 11 is 1.05. The number of aryl methyl sites for hydroxylation is 1. The minimum Gasteiger partial charge on any atom is -0.461 e. The van der Waals surface area contributed by atoms with Gasteiger partial charge in [-0.25, -0.2) is 9.78 Å². The Hall–Kier alpha value is -1.94. The van der Waals surface area contributed by atoms with Crippen molar-refractivity contribution in [1.29, 1.82) is 5.26 Å². The summed E-state index contributed by atoms with van der Waals surface area (Å²) in [4.78, 5) is 27.4. The van der Waals surface area contributed by atoms with E-state index < -0.39 is 11.9 Å². The van der Waals surface area contributed by atoms with Gasteiger partial charge in [0.25, 0.3) is 0 Å². The molecule has 0 atom stereocenters. The van der Waals surface area contributed by atoms with Gasteiger partial charge in [0, 0.05) is 0 Å². The van der Waals surface area contributed by atoms with E-state index in [0.717, 1.165) is 11.3 Å². The summed E-state index contributed by atoms with van der Waals surface area (Å²) in [5, 5.41) is 11.1. The first-order valence-corrected chi connectivity index (χ1v) is 6.57. The van der Waals surface area contributed by atoms with Crippen molar-refractivity contribution in [2.24, 2.45) is 5.92 Å². The molecule has 1 aromatic rings. The number of esters is 1. The number of hydrogen-bond acceptors (Lipinski definition) is 6. The maximum atomic E-state index is 11.8. The van der Waals surface area contributed by atoms with Crippen molar-refractivity contribution in [3.63, 3.8) is 0 Å². The lowest BCUT2D eigenvalue weighted by molar-refractivity contribution is -0.115. The summed E-state index contributed by atoms with van der Waals surface area (Å²) in [7, 11) is 0. The van der Waals surface area contributed by atoms with Crippen LogP contribution in [0.15, 0.2) is 0 Å². The van der Waals surface area contributed by atoms with Crippen molar-refractivity contribution in [2.45, 2.75) is 27.2 Å². The number of aromatic nitrogens is 1. The van der Waals surface area contributed by atoms with Gasteiger partial charge in [-0.05, 0) is 12.8 Å². The first-order chi connectivity index (χ1) is 8.93. The number of anilines is 1. The maximum absolute atomic E-state index is 11.8. The molecule has 0 aliphatic rings.